The molecule has 3 rings (SSSR count). The zero-order valence-corrected chi connectivity index (χ0v) is 11.4. The lowest BCUT2D eigenvalue weighted by atomic mass is 10.1. The van der Waals surface area contributed by atoms with Crippen LogP contribution in [0.5, 0.6) is 0 Å². The molecule has 1 aromatic heterocycles. The Morgan fingerprint density at radius 3 is 2.65 bits per heavy atom. The van der Waals surface area contributed by atoms with Crippen molar-refractivity contribution in [3.05, 3.63) is 40.7 Å². The molecular weight excluding hydrogens is 283 g/mol. The summed E-state index contributed by atoms with van der Waals surface area (Å²) in [5, 5.41) is -0.0385. The Morgan fingerprint density at radius 1 is 1.25 bits per heavy atom. The molecule has 0 radical (unpaired) electrons. The third-order valence-corrected chi connectivity index (χ3v) is 5.39. The molecule has 0 aliphatic carbocycles. The first-order valence-electron chi connectivity index (χ1n) is 6.34. The Labute approximate surface area is 115 Å². The standard InChI is InChI=1S/C13H13FN2O3S/c14-10-2-1-3-11-12(10)13(17)16(8-15-11)9-4-6-20(18,19)7-5-9/h1-3,8-9H,4-7H2. The lowest BCUT2D eigenvalue weighted by molar-refractivity contribution is 0.436. The lowest BCUT2D eigenvalue weighted by Gasteiger charge is -2.23. The first kappa shape index (κ1) is 13.2. The molecule has 1 fully saturated rings. The number of hydrogen-bond acceptors (Lipinski definition) is 4. The zero-order valence-electron chi connectivity index (χ0n) is 10.6. The van der Waals surface area contributed by atoms with Crippen LogP contribution >= 0.6 is 0 Å². The van der Waals surface area contributed by atoms with E-state index in [0.29, 0.717) is 18.4 Å². The van der Waals surface area contributed by atoms with E-state index in [9.17, 15) is 17.6 Å². The minimum atomic E-state index is -3.00. The fraction of sp³-hybridized carbons (Fsp3) is 0.385. The van der Waals surface area contributed by atoms with Crippen LogP contribution in [0, 0.1) is 5.82 Å². The van der Waals surface area contributed by atoms with Crippen LogP contribution in [-0.4, -0.2) is 29.5 Å². The van der Waals surface area contributed by atoms with Crippen molar-refractivity contribution in [3.8, 4) is 0 Å². The van der Waals surface area contributed by atoms with Crippen LogP contribution in [0.3, 0.4) is 0 Å². The van der Waals surface area contributed by atoms with Gasteiger partial charge in [0.25, 0.3) is 5.56 Å². The van der Waals surface area contributed by atoms with Crippen LogP contribution in [0.2, 0.25) is 0 Å². The molecular formula is C13H13FN2O3S. The van der Waals surface area contributed by atoms with Crippen molar-refractivity contribution in [3.63, 3.8) is 0 Å². The smallest absolute Gasteiger partial charge is 0.264 e. The Balaban J connectivity index is 2.08. The van der Waals surface area contributed by atoms with Crippen molar-refractivity contribution in [2.45, 2.75) is 18.9 Å². The van der Waals surface area contributed by atoms with Gasteiger partial charge in [-0.1, -0.05) is 6.07 Å². The summed E-state index contributed by atoms with van der Waals surface area (Å²) in [6, 6.07) is 4.07. The molecule has 20 heavy (non-hydrogen) atoms. The van der Waals surface area contributed by atoms with E-state index in [1.54, 1.807) is 6.07 Å². The molecule has 0 amide bonds. The van der Waals surface area contributed by atoms with E-state index in [-0.39, 0.29) is 22.9 Å². The Hall–Kier alpha value is -1.76. The predicted octanol–water partition coefficient (Wildman–Crippen LogP) is 1.29. The van der Waals surface area contributed by atoms with E-state index in [1.807, 2.05) is 0 Å². The summed E-state index contributed by atoms with van der Waals surface area (Å²) in [4.78, 5) is 16.4. The topological polar surface area (TPSA) is 69.0 Å². The van der Waals surface area contributed by atoms with Crippen molar-refractivity contribution in [2.24, 2.45) is 0 Å². The highest BCUT2D eigenvalue weighted by Crippen LogP contribution is 2.23. The largest absolute Gasteiger partial charge is 0.295 e. The third kappa shape index (κ3) is 2.22. The van der Waals surface area contributed by atoms with E-state index in [2.05, 4.69) is 4.98 Å². The molecule has 0 bridgehead atoms. The minimum Gasteiger partial charge on any atom is -0.295 e. The van der Waals surface area contributed by atoms with E-state index < -0.39 is 21.2 Å². The number of rotatable bonds is 1. The summed E-state index contributed by atoms with van der Waals surface area (Å²) in [5.41, 5.74) is -0.132. The maximum absolute atomic E-state index is 13.8. The average molecular weight is 296 g/mol. The van der Waals surface area contributed by atoms with E-state index in [0.717, 1.165) is 0 Å². The van der Waals surface area contributed by atoms with Crippen molar-refractivity contribution in [1.29, 1.82) is 0 Å². The van der Waals surface area contributed by atoms with Crippen molar-refractivity contribution in [1.82, 2.24) is 9.55 Å². The van der Waals surface area contributed by atoms with Gasteiger partial charge in [-0.15, -0.1) is 0 Å². The summed E-state index contributed by atoms with van der Waals surface area (Å²) >= 11 is 0. The van der Waals surface area contributed by atoms with Gasteiger partial charge in [-0.3, -0.25) is 9.36 Å². The second kappa shape index (κ2) is 4.66. The van der Waals surface area contributed by atoms with Crippen molar-refractivity contribution < 1.29 is 12.8 Å². The van der Waals surface area contributed by atoms with Crippen LogP contribution in [-0.2, 0) is 9.84 Å². The normalized spacial score (nSPS) is 19.2. The van der Waals surface area contributed by atoms with Gasteiger partial charge in [0.2, 0.25) is 0 Å². The Morgan fingerprint density at radius 2 is 1.95 bits per heavy atom. The molecule has 1 aliphatic rings. The van der Waals surface area contributed by atoms with E-state index >= 15 is 0 Å². The number of sulfone groups is 1. The van der Waals surface area contributed by atoms with Gasteiger partial charge < -0.3 is 0 Å². The van der Waals surface area contributed by atoms with Gasteiger partial charge in [0.05, 0.1) is 23.3 Å². The molecule has 0 spiro atoms. The summed E-state index contributed by atoms with van der Waals surface area (Å²) in [7, 11) is -3.00. The van der Waals surface area contributed by atoms with Gasteiger partial charge in [-0.05, 0) is 25.0 Å². The van der Waals surface area contributed by atoms with Crippen molar-refractivity contribution >= 4 is 20.7 Å². The fourth-order valence-electron chi connectivity index (χ4n) is 2.55. The number of nitrogens with zero attached hydrogens (tertiary/aromatic N) is 2. The number of halogens is 1. The monoisotopic (exact) mass is 296 g/mol. The number of aromatic nitrogens is 2. The molecule has 106 valence electrons. The number of fused-ring (bicyclic) bond motifs is 1. The maximum atomic E-state index is 13.8. The van der Waals surface area contributed by atoms with E-state index in [1.165, 1.54) is 23.0 Å². The quantitative estimate of drug-likeness (QED) is 0.795. The minimum absolute atomic E-state index is 0.0385. The van der Waals surface area contributed by atoms with Crippen LogP contribution in [0.4, 0.5) is 4.39 Å². The number of hydrogen-bond donors (Lipinski definition) is 0. The SMILES string of the molecule is O=c1c2c(F)cccc2ncn1C1CCS(=O)(=O)CC1. The van der Waals surface area contributed by atoms with Gasteiger partial charge in [0, 0.05) is 6.04 Å². The molecule has 1 aliphatic heterocycles. The first-order valence-corrected chi connectivity index (χ1v) is 8.16. The van der Waals surface area contributed by atoms with Crippen LogP contribution in [0.1, 0.15) is 18.9 Å². The summed E-state index contributed by atoms with van der Waals surface area (Å²) < 4.78 is 38.0. The summed E-state index contributed by atoms with van der Waals surface area (Å²) in [6.45, 7) is 0. The fourth-order valence-corrected chi connectivity index (χ4v) is 4.02. The Bertz CT molecular complexity index is 815. The highest BCUT2D eigenvalue weighted by molar-refractivity contribution is 7.91. The van der Waals surface area contributed by atoms with Gasteiger partial charge in [-0.2, -0.15) is 0 Å². The highest BCUT2D eigenvalue weighted by atomic mass is 32.2. The molecule has 1 aromatic carbocycles. The zero-order chi connectivity index (χ0) is 14.3. The summed E-state index contributed by atoms with van der Waals surface area (Å²) in [5.74, 6) is -0.489. The number of benzene rings is 1. The second-order valence-corrected chi connectivity index (χ2v) is 7.28. The van der Waals surface area contributed by atoms with Crippen LogP contribution in [0.25, 0.3) is 10.9 Å². The molecule has 2 aromatic rings. The molecule has 0 saturated carbocycles. The van der Waals surface area contributed by atoms with Crippen LogP contribution in [0.15, 0.2) is 29.3 Å². The predicted molar refractivity (Wildman–Crippen MR) is 72.9 cm³/mol. The maximum Gasteiger partial charge on any atom is 0.264 e. The molecule has 0 N–H and O–H groups in total. The second-order valence-electron chi connectivity index (χ2n) is 4.97. The molecule has 0 atom stereocenters. The highest BCUT2D eigenvalue weighted by Gasteiger charge is 2.26. The van der Waals surface area contributed by atoms with E-state index in [4.69, 9.17) is 0 Å². The lowest BCUT2D eigenvalue weighted by Crippen LogP contribution is -2.32. The molecule has 5 nitrogen and oxygen atoms in total. The van der Waals surface area contributed by atoms with Crippen LogP contribution < -0.4 is 5.56 Å². The molecule has 2 heterocycles. The first-order chi connectivity index (χ1) is 9.48. The molecule has 0 unspecified atom stereocenters. The van der Waals surface area contributed by atoms with Gasteiger partial charge in [0.1, 0.15) is 21.0 Å². The molecule has 7 heteroatoms. The van der Waals surface area contributed by atoms with Gasteiger partial charge in [0.15, 0.2) is 0 Å². The van der Waals surface area contributed by atoms with Crippen molar-refractivity contribution in [2.75, 3.05) is 11.5 Å². The van der Waals surface area contributed by atoms with Gasteiger partial charge in [-0.25, -0.2) is 17.8 Å². The third-order valence-electron chi connectivity index (χ3n) is 3.68. The summed E-state index contributed by atoms with van der Waals surface area (Å²) in [6.07, 6.45) is 2.11. The molecule has 1 saturated heterocycles. The Kier molecular flexibility index (Phi) is 3.08. The van der Waals surface area contributed by atoms with Gasteiger partial charge >= 0.3 is 0 Å². The average Bonchev–Trinajstić information content (AvgIpc) is 2.40.